The predicted molar refractivity (Wildman–Crippen MR) is 111 cm³/mol. The lowest BCUT2D eigenvalue weighted by atomic mass is 9.87. The standard InChI is InChI=1S/C25H22N2O/c28-25(20-12-5-2-6-13-20)24-22-16-15-19-11-7-8-14-21(19)23(22)26-27(24)17-18-9-3-1-4-10-18/h1-14,25,28H,15-17H2. The zero-order valence-electron chi connectivity index (χ0n) is 15.6. The highest BCUT2D eigenvalue weighted by Gasteiger charge is 2.28. The summed E-state index contributed by atoms with van der Waals surface area (Å²) in [6, 6.07) is 28.7. The molecule has 1 aliphatic carbocycles. The Labute approximate surface area is 164 Å². The van der Waals surface area contributed by atoms with Crippen LogP contribution in [0.15, 0.2) is 84.9 Å². The fourth-order valence-corrected chi connectivity index (χ4v) is 4.18. The minimum Gasteiger partial charge on any atom is -0.382 e. The Morgan fingerprint density at radius 1 is 0.821 bits per heavy atom. The lowest BCUT2D eigenvalue weighted by molar-refractivity contribution is 0.207. The van der Waals surface area contributed by atoms with Gasteiger partial charge in [0.2, 0.25) is 0 Å². The van der Waals surface area contributed by atoms with E-state index in [1.807, 2.05) is 53.2 Å². The van der Waals surface area contributed by atoms with Gasteiger partial charge in [-0.1, -0.05) is 84.9 Å². The molecule has 1 heterocycles. The van der Waals surface area contributed by atoms with Crippen molar-refractivity contribution in [3.63, 3.8) is 0 Å². The van der Waals surface area contributed by atoms with E-state index >= 15 is 0 Å². The maximum atomic E-state index is 11.3. The van der Waals surface area contributed by atoms with Gasteiger partial charge in [0.15, 0.2) is 0 Å². The number of rotatable bonds is 4. The predicted octanol–water partition coefficient (Wildman–Crippen LogP) is 4.78. The summed E-state index contributed by atoms with van der Waals surface area (Å²) >= 11 is 0. The molecule has 5 rings (SSSR count). The first kappa shape index (κ1) is 17.0. The maximum absolute atomic E-state index is 11.3. The van der Waals surface area contributed by atoms with Crippen LogP contribution in [0.5, 0.6) is 0 Å². The minimum atomic E-state index is -0.688. The summed E-state index contributed by atoms with van der Waals surface area (Å²) in [7, 11) is 0. The molecule has 3 heteroatoms. The van der Waals surface area contributed by atoms with Crippen LogP contribution in [-0.4, -0.2) is 14.9 Å². The van der Waals surface area contributed by atoms with Crippen LogP contribution < -0.4 is 0 Å². The van der Waals surface area contributed by atoms with Gasteiger partial charge in [-0.15, -0.1) is 0 Å². The van der Waals surface area contributed by atoms with Gasteiger partial charge in [0.25, 0.3) is 0 Å². The van der Waals surface area contributed by atoms with Gasteiger partial charge >= 0.3 is 0 Å². The molecule has 0 amide bonds. The number of fused-ring (bicyclic) bond motifs is 3. The number of aliphatic hydroxyl groups is 1. The molecule has 4 aromatic rings. The van der Waals surface area contributed by atoms with E-state index in [9.17, 15) is 5.11 Å². The first-order valence-corrected chi connectivity index (χ1v) is 9.76. The molecule has 0 radical (unpaired) electrons. The second kappa shape index (κ2) is 7.10. The van der Waals surface area contributed by atoms with Gasteiger partial charge in [-0.3, -0.25) is 4.68 Å². The highest BCUT2D eigenvalue weighted by Crippen LogP contribution is 2.38. The van der Waals surface area contributed by atoms with Crippen LogP contribution >= 0.6 is 0 Å². The van der Waals surface area contributed by atoms with E-state index in [4.69, 9.17) is 5.10 Å². The number of benzene rings is 3. The molecule has 1 N–H and O–H groups in total. The van der Waals surface area contributed by atoms with Gasteiger partial charge in [0, 0.05) is 11.1 Å². The van der Waals surface area contributed by atoms with E-state index in [-0.39, 0.29) is 0 Å². The molecule has 138 valence electrons. The Balaban J connectivity index is 1.67. The average molecular weight is 366 g/mol. The molecular formula is C25H22N2O. The molecule has 1 atom stereocenters. The van der Waals surface area contributed by atoms with Crippen molar-refractivity contribution in [1.29, 1.82) is 0 Å². The van der Waals surface area contributed by atoms with Crippen molar-refractivity contribution < 1.29 is 5.11 Å². The SMILES string of the molecule is OC(c1ccccc1)c1c2c(nn1Cc1ccccc1)-c1ccccc1CC2. The van der Waals surface area contributed by atoms with Crippen molar-refractivity contribution in [3.05, 3.63) is 113 Å². The Kier molecular flexibility index (Phi) is 4.30. The van der Waals surface area contributed by atoms with Gasteiger partial charge in [-0.25, -0.2) is 0 Å². The van der Waals surface area contributed by atoms with Crippen LogP contribution in [0.25, 0.3) is 11.3 Å². The summed E-state index contributed by atoms with van der Waals surface area (Å²) in [5, 5.41) is 16.3. The Morgan fingerprint density at radius 2 is 1.50 bits per heavy atom. The zero-order chi connectivity index (χ0) is 18.9. The summed E-state index contributed by atoms with van der Waals surface area (Å²) in [4.78, 5) is 0. The largest absolute Gasteiger partial charge is 0.382 e. The number of nitrogens with zero attached hydrogens (tertiary/aromatic N) is 2. The lowest BCUT2D eigenvalue weighted by Crippen LogP contribution is -2.13. The second-order valence-electron chi connectivity index (χ2n) is 7.33. The van der Waals surface area contributed by atoms with Gasteiger partial charge in [-0.2, -0.15) is 5.10 Å². The topological polar surface area (TPSA) is 38.1 Å². The third kappa shape index (κ3) is 2.94. The smallest absolute Gasteiger partial charge is 0.121 e. The molecule has 1 unspecified atom stereocenters. The van der Waals surface area contributed by atoms with Crippen LogP contribution in [0.3, 0.4) is 0 Å². The van der Waals surface area contributed by atoms with E-state index in [0.29, 0.717) is 6.54 Å². The molecule has 0 saturated carbocycles. The maximum Gasteiger partial charge on any atom is 0.121 e. The molecule has 3 aromatic carbocycles. The quantitative estimate of drug-likeness (QED) is 0.564. The first-order valence-electron chi connectivity index (χ1n) is 9.76. The van der Waals surface area contributed by atoms with E-state index in [1.54, 1.807) is 0 Å². The minimum absolute atomic E-state index is 0.648. The van der Waals surface area contributed by atoms with Crippen LogP contribution in [0, 0.1) is 0 Å². The van der Waals surface area contributed by atoms with Crippen molar-refractivity contribution in [3.8, 4) is 11.3 Å². The molecule has 0 aliphatic heterocycles. The van der Waals surface area contributed by atoms with Crippen LogP contribution in [0.2, 0.25) is 0 Å². The molecule has 0 spiro atoms. The number of hydrogen-bond donors (Lipinski definition) is 1. The summed E-state index contributed by atoms with van der Waals surface area (Å²) in [5.41, 5.74) is 7.71. The fraction of sp³-hybridized carbons (Fsp3) is 0.160. The number of aromatic nitrogens is 2. The highest BCUT2D eigenvalue weighted by atomic mass is 16.3. The Morgan fingerprint density at radius 3 is 2.29 bits per heavy atom. The number of aliphatic hydroxyl groups excluding tert-OH is 1. The average Bonchev–Trinajstić information content (AvgIpc) is 3.13. The van der Waals surface area contributed by atoms with Gasteiger partial charge in [-0.05, 0) is 29.5 Å². The molecule has 3 nitrogen and oxygen atoms in total. The first-order chi connectivity index (χ1) is 13.8. The van der Waals surface area contributed by atoms with E-state index < -0.39 is 6.10 Å². The Hall–Kier alpha value is -3.17. The van der Waals surface area contributed by atoms with Crippen LogP contribution in [0.4, 0.5) is 0 Å². The lowest BCUT2D eigenvalue weighted by Gasteiger charge is -2.19. The highest BCUT2D eigenvalue weighted by molar-refractivity contribution is 5.70. The third-order valence-corrected chi connectivity index (χ3v) is 5.56. The van der Waals surface area contributed by atoms with E-state index in [1.165, 1.54) is 22.3 Å². The van der Waals surface area contributed by atoms with Crippen molar-refractivity contribution in [2.75, 3.05) is 0 Å². The second-order valence-corrected chi connectivity index (χ2v) is 7.33. The molecule has 0 fully saturated rings. The fourth-order valence-electron chi connectivity index (χ4n) is 4.18. The number of aryl methyl sites for hydroxylation is 1. The molecular weight excluding hydrogens is 344 g/mol. The summed E-state index contributed by atoms with van der Waals surface area (Å²) < 4.78 is 2.00. The van der Waals surface area contributed by atoms with Crippen molar-refractivity contribution in [2.24, 2.45) is 0 Å². The van der Waals surface area contributed by atoms with Gasteiger partial charge in [0.1, 0.15) is 6.10 Å². The van der Waals surface area contributed by atoms with Crippen molar-refractivity contribution in [1.82, 2.24) is 9.78 Å². The zero-order valence-corrected chi connectivity index (χ0v) is 15.6. The molecule has 1 aliphatic rings. The third-order valence-electron chi connectivity index (χ3n) is 5.56. The van der Waals surface area contributed by atoms with Crippen LogP contribution in [0.1, 0.15) is 34.1 Å². The summed E-state index contributed by atoms with van der Waals surface area (Å²) in [6.45, 7) is 0.648. The van der Waals surface area contributed by atoms with Crippen LogP contribution in [-0.2, 0) is 19.4 Å². The molecule has 28 heavy (non-hydrogen) atoms. The molecule has 0 saturated heterocycles. The van der Waals surface area contributed by atoms with E-state index in [2.05, 4.69) is 36.4 Å². The van der Waals surface area contributed by atoms with Crippen molar-refractivity contribution >= 4 is 0 Å². The Bertz CT molecular complexity index is 1100. The molecule has 0 bridgehead atoms. The van der Waals surface area contributed by atoms with Gasteiger partial charge < -0.3 is 5.11 Å². The monoisotopic (exact) mass is 366 g/mol. The summed E-state index contributed by atoms with van der Waals surface area (Å²) in [6.07, 6.45) is 1.20. The molecule has 1 aromatic heterocycles. The van der Waals surface area contributed by atoms with Crippen molar-refractivity contribution in [2.45, 2.75) is 25.5 Å². The van der Waals surface area contributed by atoms with E-state index in [0.717, 1.165) is 29.8 Å². The normalized spacial score (nSPS) is 13.6. The number of hydrogen-bond acceptors (Lipinski definition) is 2. The summed E-state index contributed by atoms with van der Waals surface area (Å²) in [5.74, 6) is 0. The van der Waals surface area contributed by atoms with Gasteiger partial charge in [0.05, 0.1) is 17.9 Å².